The molecule has 0 aromatic heterocycles. The van der Waals surface area contributed by atoms with Crippen molar-refractivity contribution in [1.29, 1.82) is 0 Å². The Labute approximate surface area is 84.3 Å². The number of rotatable bonds is 0. The highest BCUT2D eigenvalue weighted by Gasteiger charge is 2.15. The molecule has 0 aliphatic rings. The smallest absolute Gasteiger partial charge is 0.202 e. The molecule has 1 aromatic rings. The van der Waals surface area contributed by atoms with Gasteiger partial charge in [0.2, 0.25) is 5.75 Å². The molecule has 0 saturated carbocycles. The van der Waals surface area contributed by atoms with E-state index in [1.54, 1.807) is 0 Å². The SMILES string of the molecule is [O-]c1c(Br)c(O)c(O)c(O)c1Br. The third-order valence-corrected chi connectivity index (χ3v) is 2.73. The van der Waals surface area contributed by atoms with Gasteiger partial charge in [-0.2, -0.15) is 0 Å². The minimum atomic E-state index is -0.728. The summed E-state index contributed by atoms with van der Waals surface area (Å²) in [6.07, 6.45) is 0. The molecule has 1 rings (SSSR count). The Morgan fingerprint density at radius 3 is 1.50 bits per heavy atom. The summed E-state index contributed by atoms with van der Waals surface area (Å²) in [5, 5.41) is 38.1. The van der Waals surface area contributed by atoms with Crippen LogP contribution in [0.25, 0.3) is 0 Å². The number of aromatic hydroxyl groups is 3. The Bertz CT molecular complexity index is 232. The van der Waals surface area contributed by atoms with E-state index in [4.69, 9.17) is 15.3 Å². The Morgan fingerprint density at radius 1 is 0.833 bits per heavy atom. The van der Waals surface area contributed by atoms with Gasteiger partial charge < -0.3 is 20.4 Å². The van der Waals surface area contributed by atoms with Crippen molar-refractivity contribution in [2.45, 2.75) is 0 Å². The van der Waals surface area contributed by atoms with E-state index < -0.39 is 23.0 Å². The third-order valence-electron chi connectivity index (χ3n) is 1.26. The lowest BCUT2D eigenvalue weighted by molar-refractivity contribution is -0.270. The summed E-state index contributed by atoms with van der Waals surface area (Å²) in [4.78, 5) is 0. The first-order valence-electron chi connectivity index (χ1n) is 2.75. The largest absolute Gasteiger partial charge is 0.871 e. The summed E-state index contributed by atoms with van der Waals surface area (Å²) in [6, 6.07) is 0. The maximum atomic E-state index is 11.0. The first kappa shape index (κ1) is 9.47. The van der Waals surface area contributed by atoms with Gasteiger partial charge >= 0.3 is 0 Å². The molecule has 0 bridgehead atoms. The predicted octanol–water partition coefficient (Wildman–Crippen LogP) is 1.40. The van der Waals surface area contributed by atoms with E-state index in [1.807, 2.05) is 0 Å². The van der Waals surface area contributed by atoms with Crippen LogP contribution in [-0.4, -0.2) is 15.3 Å². The van der Waals surface area contributed by atoms with Gasteiger partial charge in [-0.1, -0.05) is 5.75 Å². The monoisotopic (exact) mass is 297 g/mol. The first-order valence-corrected chi connectivity index (χ1v) is 4.34. The molecular formula is C6H3Br2O4-. The van der Waals surface area contributed by atoms with Gasteiger partial charge in [-0.05, 0) is 31.9 Å². The van der Waals surface area contributed by atoms with Crippen LogP contribution in [0.5, 0.6) is 23.0 Å². The average Bonchev–Trinajstić information content (AvgIpc) is 2.08. The molecule has 3 N–H and O–H groups in total. The van der Waals surface area contributed by atoms with Crippen LogP contribution >= 0.6 is 31.9 Å². The maximum Gasteiger partial charge on any atom is 0.202 e. The van der Waals surface area contributed by atoms with E-state index in [0.717, 1.165) is 0 Å². The lowest BCUT2D eigenvalue weighted by atomic mass is 10.3. The van der Waals surface area contributed by atoms with Gasteiger partial charge in [-0.3, -0.25) is 0 Å². The molecule has 0 fully saturated rings. The van der Waals surface area contributed by atoms with Crippen molar-refractivity contribution in [2.75, 3.05) is 0 Å². The molecular weight excluding hydrogens is 296 g/mol. The fraction of sp³-hybridized carbons (Fsp3) is 0. The van der Waals surface area contributed by atoms with Gasteiger partial charge in [-0.25, -0.2) is 0 Å². The van der Waals surface area contributed by atoms with Gasteiger partial charge in [-0.15, -0.1) is 0 Å². The lowest BCUT2D eigenvalue weighted by Gasteiger charge is -2.15. The van der Waals surface area contributed by atoms with Crippen LogP contribution in [0.2, 0.25) is 0 Å². The van der Waals surface area contributed by atoms with Crippen LogP contribution in [0.4, 0.5) is 0 Å². The van der Waals surface area contributed by atoms with Crippen molar-refractivity contribution in [3.05, 3.63) is 8.95 Å². The molecule has 0 aliphatic carbocycles. The number of halogens is 2. The van der Waals surface area contributed by atoms with E-state index >= 15 is 0 Å². The molecule has 0 amide bonds. The lowest BCUT2D eigenvalue weighted by Crippen LogP contribution is -1.93. The van der Waals surface area contributed by atoms with E-state index in [9.17, 15) is 5.11 Å². The maximum absolute atomic E-state index is 11.0. The Balaban J connectivity index is 3.60. The number of hydrogen-bond donors (Lipinski definition) is 3. The molecule has 66 valence electrons. The molecule has 12 heavy (non-hydrogen) atoms. The second-order valence-electron chi connectivity index (χ2n) is 2.00. The number of phenols is 3. The van der Waals surface area contributed by atoms with Crippen LogP contribution in [0.1, 0.15) is 0 Å². The van der Waals surface area contributed by atoms with Gasteiger partial charge in [0, 0.05) is 0 Å². The number of phenolic OH excluding ortho intramolecular Hbond substituents is 3. The quantitative estimate of drug-likeness (QED) is 0.632. The van der Waals surface area contributed by atoms with Crippen LogP contribution in [-0.2, 0) is 0 Å². The second kappa shape index (κ2) is 3.02. The van der Waals surface area contributed by atoms with Crippen molar-refractivity contribution in [3.8, 4) is 23.0 Å². The van der Waals surface area contributed by atoms with E-state index in [2.05, 4.69) is 31.9 Å². The van der Waals surface area contributed by atoms with Crippen molar-refractivity contribution >= 4 is 31.9 Å². The zero-order chi connectivity index (χ0) is 9.46. The zero-order valence-corrected chi connectivity index (χ0v) is 8.68. The molecule has 0 saturated heterocycles. The summed E-state index contributed by atoms with van der Waals surface area (Å²) >= 11 is 5.50. The van der Waals surface area contributed by atoms with Crippen molar-refractivity contribution in [2.24, 2.45) is 0 Å². The van der Waals surface area contributed by atoms with Gasteiger partial charge in [0.05, 0.1) is 8.95 Å². The fourth-order valence-electron chi connectivity index (χ4n) is 0.631. The first-order chi connectivity index (χ1) is 5.46. The Hall–Kier alpha value is -0.620. The molecule has 0 spiro atoms. The van der Waals surface area contributed by atoms with Crippen LogP contribution < -0.4 is 5.11 Å². The summed E-state index contributed by atoms with van der Waals surface area (Å²) in [7, 11) is 0. The summed E-state index contributed by atoms with van der Waals surface area (Å²) in [5.74, 6) is -2.68. The number of benzene rings is 1. The highest BCUT2D eigenvalue weighted by atomic mass is 79.9. The van der Waals surface area contributed by atoms with Crippen LogP contribution in [0.3, 0.4) is 0 Å². The third kappa shape index (κ3) is 1.21. The molecule has 0 radical (unpaired) electrons. The van der Waals surface area contributed by atoms with Crippen molar-refractivity contribution in [3.63, 3.8) is 0 Å². The van der Waals surface area contributed by atoms with Crippen LogP contribution in [0, 0.1) is 0 Å². The topological polar surface area (TPSA) is 83.8 Å². The van der Waals surface area contributed by atoms with Gasteiger partial charge in [0.1, 0.15) is 0 Å². The molecule has 6 heteroatoms. The van der Waals surface area contributed by atoms with Gasteiger partial charge in [0.15, 0.2) is 11.5 Å². The molecule has 1 aromatic carbocycles. The minimum absolute atomic E-state index is 0.190. The van der Waals surface area contributed by atoms with E-state index in [-0.39, 0.29) is 8.95 Å². The van der Waals surface area contributed by atoms with Crippen molar-refractivity contribution < 1.29 is 20.4 Å². The van der Waals surface area contributed by atoms with Gasteiger partial charge in [0.25, 0.3) is 0 Å². The molecule has 4 nitrogen and oxygen atoms in total. The number of hydrogen-bond acceptors (Lipinski definition) is 4. The highest BCUT2D eigenvalue weighted by molar-refractivity contribution is 9.11. The standard InChI is InChI=1S/C6H4Br2O4/c7-1-3(9)2(8)5(11)6(12)4(1)10/h9-12H/p-1. The summed E-state index contributed by atoms with van der Waals surface area (Å²) < 4.78 is -0.380. The predicted molar refractivity (Wildman–Crippen MR) is 46.3 cm³/mol. The van der Waals surface area contributed by atoms with E-state index in [0.29, 0.717) is 0 Å². The summed E-state index contributed by atoms with van der Waals surface area (Å²) in [6.45, 7) is 0. The Morgan fingerprint density at radius 2 is 1.17 bits per heavy atom. The zero-order valence-electron chi connectivity index (χ0n) is 5.51. The molecule has 0 atom stereocenters. The normalized spacial score (nSPS) is 10.2. The second-order valence-corrected chi connectivity index (χ2v) is 3.59. The molecule has 0 heterocycles. The average molecular weight is 299 g/mol. The van der Waals surface area contributed by atoms with Crippen LogP contribution in [0.15, 0.2) is 8.95 Å². The minimum Gasteiger partial charge on any atom is -0.871 e. The Kier molecular flexibility index (Phi) is 2.39. The molecule has 0 aliphatic heterocycles. The fourth-order valence-corrected chi connectivity index (χ4v) is 1.67. The summed E-state index contributed by atoms with van der Waals surface area (Å²) in [5.41, 5.74) is 0. The highest BCUT2D eigenvalue weighted by Crippen LogP contribution is 2.50. The molecule has 0 unspecified atom stereocenters. The van der Waals surface area contributed by atoms with E-state index in [1.165, 1.54) is 0 Å². The van der Waals surface area contributed by atoms with Crippen molar-refractivity contribution in [1.82, 2.24) is 0 Å².